The molecule has 0 saturated carbocycles. The number of hydrogen-bond acceptors (Lipinski definition) is 5. The zero-order valence-electron chi connectivity index (χ0n) is 21.9. The molecule has 0 aliphatic carbocycles. The first-order valence-electron chi connectivity index (χ1n) is 13.0. The summed E-state index contributed by atoms with van der Waals surface area (Å²) >= 11 is 12.6. The average molecular weight is 554 g/mol. The molecule has 1 N–H and O–H groups in total. The van der Waals surface area contributed by atoms with Crippen molar-refractivity contribution in [1.82, 2.24) is 14.7 Å². The number of nitrogens with zero attached hydrogens (tertiary/aromatic N) is 4. The second-order valence-corrected chi connectivity index (χ2v) is 10.8. The molecular formula is C30H34Cl2N4O2. The van der Waals surface area contributed by atoms with E-state index in [0.717, 1.165) is 48.9 Å². The van der Waals surface area contributed by atoms with Crippen molar-refractivity contribution in [2.24, 2.45) is 0 Å². The highest BCUT2D eigenvalue weighted by atomic mass is 35.5. The minimum absolute atomic E-state index is 0.0582. The molecule has 1 fully saturated rings. The summed E-state index contributed by atoms with van der Waals surface area (Å²) in [5, 5.41) is 21.6. The molecule has 0 unspecified atom stereocenters. The number of aliphatic hydroxyl groups is 1. The van der Waals surface area contributed by atoms with E-state index in [2.05, 4.69) is 22.8 Å². The van der Waals surface area contributed by atoms with Gasteiger partial charge in [-0.3, -0.25) is 9.69 Å². The van der Waals surface area contributed by atoms with Crippen LogP contribution in [0.3, 0.4) is 0 Å². The molecular weight excluding hydrogens is 519 g/mol. The lowest BCUT2D eigenvalue weighted by molar-refractivity contribution is 0.0257. The molecule has 3 aromatic rings. The van der Waals surface area contributed by atoms with Crippen LogP contribution in [-0.4, -0.2) is 84.7 Å². The molecule has 0 radical (unpaired) electrons. The van der Waals surface area contributed by atoms with Gasteiger partial charge in [0.15, 0.2) is 0 Å². The number of nitriles is 1. The molecule has 200 valence electrons. The summed E-state index contributed by atoms with van der Waals surface area (Å²) in [7, 11) is 1.81. The van der Waals surface area contributed by atoms with Gasteiger partial charge in [0.05, 0.1) is 28.3 Å². The number of likely N-dealkylation sites (tertiary alicyclic amines) is 1. The van der Waals surface area contributed by atoms with Gasteiger partial charge in [-0.2, -0.15) is 5.26 Å². The first-order valence-corrected chi connectivity index (χ1v) is 13.8. The molecule has 1 aliphatic rings. The van der Waals surface area contributed by atoms with Gasteiger partial charge in [0.25, 0.3) is 5.91 Å². The van der Waals surface area contributed by atoms with Crippen molar-refractivity contribution < 1.29 is 9.90 Å². The Hall–Kier alpha value is -2.66. The van der Waals surface area contributed by atoms with Crippen LogP contribution in [-0.2, 0) is 0 Å². The Morgan fingerprint density at radius 2 is 1.92 bits per heavy atom. The fraction of sp³-hybridized carbons (Fsp3) is 0.400. The van der Waals surface area contributed by atoms with E-state index in [1.165, 1.54) is 0 Å². The largest absolute Gasteiger partial charge is 0.395 e. The van der Waals surface area contributed by atoms with E-state index < -0.39 is 0 Å². The molecule has 0 aromatic heterocycles. The third kappa shape index (κ3) is 6.48. The molecule has 6 nitrogen and oxygen atoms in total. The minimum atomic E-state index is -0.116. The Balaban J connectivity index is 1.50. The first kappa shape index (κ1) is 28.4. The van der Waals surface area contributed by atoms with E-state index >= 15 is 0 Å². The second-order valence-electron chi connectivity index (χ2n) is 9.97. The van der Waals surface area contributed by atoms with Crippen LogP contribution in [0.2, 0.25) is 10.0 Å². The Morgan fingerprint density at radius 1 is 1.16 bits per heavy atom. The number of carbonyl (C=O) groups excluding carboxylic acids is 1. The zero-order chi connectivity index (χ0) is 27.2. The first-order chi connectivity index (χ1) is 18.3. The minimum Gasteiger partial charge on any atom is -0.395 e. The highest BCUT2D eigenvalue weighted by molar-refractivity contribution is 6.42. The lowest BCUT2D eigenvalue weighted by Gasteiger charge is -2.45. The molecule has 4 rings (SSSR count). The highest BCUT2D eigenvalue weighted by Crippen LogP contribution is 2.30. The van der Waals surface area contributed by atoms with E-state index in [4.69, 9.17) is 23.2 Å². The third-order valence-corrected chi connectivity index (χ3v) is 8.26. The van der Waals surface area contributed by atoms with Crippen LogP contribution in [0, 0.1) is 11.3 Å². The van der Waals surface area contributed by atoms with Crippen molar-refractivity contribution in [3.05, 3.63) is 81.3 Å². The fourth-order valence-corrected chi connectivity index (χ4v) is 5.63. The normalized spacial score (nSPS) is 14.9. The SMILES string of the molecule is CCN(CCO)C1CN(CC[C@H](CN(C)C(=O)c2cc(C#N)cc3ccccc23)c2ccc(Cl)c(Cl)c2)C1. The molecule has 38 heavy (non-hydrogen) atoms. The van der Waals surface area contributed by atoms with Crippen LogP contribution in [0.4, 0.5) is 0 Å². The Morgan fingerprint density at radius 3 is 2.61 bits per heavy atom. The summed E-state index contributed by atoms with van der Waals surface area (Å²) in [4.78, 5) is 20.1. The molecule has 3 aromatic carbocycles. The second kappa shape index (κ2) is 12.9. The van der Waals surface area contributed by atoms with Crippen LogP contribution < -0.4 is 0 Å². The van der Waals surface area contributed by atoms with Gasteiger partial charge in [-0.05, 0) is 60.1 Å². The topological polar surface area (TPSA) is 70.8 Å². The van der Waals surface area contributed by atoms with Crippen LogP contribution in [0.5, 0.6) is 0 Å². The van der Waals surface area contributed by atoms with E-state index in [0.29, 0.717) is 40.3 Å². The number of amides is 1. The molecule has 1 atom stereocenters. The molecule has 1 aliphatic heterocycles. The van der Waals surface area contributed by atoms with Gasteiger partial charge in [-0.15, -0.1) is 0 Å². The number of rotatable bonds is 11. The monoisotopic (exact) mass is 552 g/mol. The van der Waals surface area contributed by atoms with Crippen molar-refractivity contribution in [1.29, 1.82) is 5.26 Å². The van der Waals surface area contributed by atoms with E-state index in [9.17, 15) is 15.2 Å². The van der Waals surface area contributed by atoms with Crippen molar-refractivity contribution in [3.8, 4) is 6.07 Å². The zero-order valence-corrected chi connectivity index (χ0v) is 23.4. The smallest absolute Gasteiger partial charge is 0.254 e. The lowest BCUT2D eigenvalue weighted by atomic mass is 9.93. The van der Waals surface area contributed by atoms with Crippen molar-refractivity contribution >= 4 is 39.9 Å². The molecule has 1 saturated heterocycles. The van der Waals surface area contributed by atoms with Crippen LogP contribution >= 0.6 is 23.2 Å². The fourth-order valence-electron chi connectivity index (χ4n) is 5.32. The predicted octanol–water partition coefficient (Wildman–Crippen LogP) is 5.26. The quantitative estimate of drug-likeness (QED) is 0.351. The van der Waals surface area contributed by atoms with E-state index in [1.807, 2.05) is 55.6 Å². The number of hydrogen-bond donors (Lipinski definition) is 1. The Kier molecular flexibility index (Phi) is 9.64. The number of halogens is 2. The van der Waals surface area contributed by atoms with E-state index in [1.54, 1.807) is 11.0 Å². The summed E-state index contributed by atoms with van der Waals surface area (Å²) in [6.07, 6.45) is 0.855. The van der Waals surface area contributed by atoms with Crippen molar-refractivity contribution in [2.75, 3.05) is 52.9 Å². The Bertz CT molecular complexity index is 1320. The number of likely N-dealkylation sites (N-methyl/N-ethyl adjacent to an activating group) is 2. The summed E-state index contributed by atoms with van der Waals surface area (Å²) in [6, 6.07) is 19.5. The summed E-state index contributed by atoms with van der Waals surface area (Å²) in [5.41, 5.74) is 2.04. The molecule has 1 heterocycles. The van der Waals surface area contributed by atoms with Gasteiger partial charge < -0.3 is 14.9 Å². The Labute approximate surface area is 235 Å². The van der Waals surface area contributed by atoms with Crippen molar-refractivity contribution in [2.45, 2.75) is 25.3 Å². The number of carbonyl (C=O) groups is 1. The van der Waals surface area contributed by atoms with Crippen LogP contribution in [0.15, 0.2) is 54.6 Å². The van der Waals surface area contributed by atoms with Crippen LogP contribution in [0.25, 0.3) is 10.8 Å². The van der Waals surface area contributed by atoms with Crippen molar-refractivity contribution in [3.63, 3.8) is 0 Å². The maximum Gasteiger partial charge on any atom is 0.254 e. The highest BCUT2D eigenvalue weighted by Gasteiger charge is 2.31. The molecule has 0 bridgehead atoms. The number of fused-ring (bicyclic) bond motifs is 1. The van der Waals surface area contributed by atoms with Crippen LogP contribution in [0.1, 0.15) is 40.7 Å². The lowest BCUT2D eigenvalue weighted by Crippen LogP contribution is -2.60. The number of aliphatic hydroxyl groups excluding tert-OH is 1. The van der Waals surface area contributed by atoms with E-state index in [-0.39, 0.29) is 18.4 Å². The van der Waals surface area contributed by atoms with Gasteiger partial charge >= 0.3 is 0 Å². The predicted molar refractivity (Wildman–Crippen MR) is 154 cm³/mol. The third-order valence-electron chi connectivity index (χ3n) is 7.52. The summed E-state index contributed by atoms with van der Waals surface area (Å²) in [5.74, 6) is -0.0575. The molecule has 0 spiro atoms. The van der Waals surface area contributed by atoms with Gasteiger partial charge in [0, 0.05) is 50.7 Å². The van der Waals surface area contributed by atoms with Gasteiger partial charge in [-0.25, -0.2) is 0 Å². The maximum atomic E-state index is 13.7. The summed E-state index contributed by atoms with van der Waals surface area (Å²) in [6.45, 7) is 7.29. The molecule has 8 heteroatoms. The standard InChI is InChI=1S/C30H34Cl2N4O2/c1-3-36(12-13-37)25-19-35(20-25)11-10-24(22-8-9-28(31)29(32)16-22)18-34(2)30(38)27-15-21(17-33)14-23-6-4-5-7-26(23)27/h4-9,14-16,24-25,37H,3,10-13,18-20H2,1-2H3/t24-/m1/s1. The summed E-state index contributed by atoms with van der Waals surface area (Å²) < 4.78 is 0. The maximum absolute atomic E-state index is 13.7. The van der Waals surface area contributed by atoms with Gasteiger partial charge in [0.2, 0.25) is 0 Å². The number of benzene rings is 3. The van der Waals surface area contributed by atoms with Gasteiger partial charge in [0.1, 0.15) is 0 Å². The average Bonchev–Trinajstić information content (AvgIpc) is 2.91. The van der Waals surface area contributed by atoms with Gasteiger partial charge in [-0.1, -0.05) is 60.5 Å². The molecule has 1 amide bonds.